The molecule has 0 saturated heterocycles. The Kier molecular flexibility index (Phi) is 3.42. The summed E-state index contributed by atoms with van der Waals surface area (Å²) in [5, 5.41) is 11.0. The second kappa shape index (κ2) is 5.40. The SMILES string of the molecule is O=Cc1ccc(C(=O)N2CCc3ccccc32)cc1[N+](=O)[O-]. The number of hydrogen-bond acceptors (Lipinski definition) is 4. The second-order valence-electron chi connectivity index (χ2n) is 4.98. The third-order valence-corrected chi connectivity index (χ3v) is 3.73. The normalized spacial score (nSPS) is 12.8. The van der Waals surface area contributed by atoms with Crippen LogP contribution in [0.2, 0.25) is 0 Å². The zero-order chi connectivity index (χ0) is 15.7. The van der Waals surface area contributed by atoms with E-state index in [9.17, 15) is 19.7 Å². The molecule has 0 unspecified atom stereocenters. The van der Waals surface area contributed by atoms with Gasteiger partial charge in [0.05, 0.1) is 10.5 Å². The maximum atomic E-state index is 12.6. The van der Waals surface area contributed by atoms with Gasteiger partial charge in [-0.2, -0.15) is 0 Å². The van der Waals surface area contributed by atoms with Crippen LogP contribution < -0.4 is 4.90 Å². The van der Waals surface area contributed by atoms with Crippen molar-refractivity contribution >= 4 is 23.6 Å². The molecular weight excluding hydrogens is 284 g/mol. The van der Waals surface area contributed by atoms with Gasteiger partial charge in [-0.05, 0) is 30.2 Å². The van der Waals surface area contributed by atoms with E-state index in [1.165, 1.54) is 12.1 Å². The highest BCUT2D eigenvalue weighted by atomic mass is 16.6. The van der Waals surface area contributed by atoms with Gasteiger partial charge in [0.15, 0.2) is 6.29 Å². The Morgan fingerprint density at radius 1 is 1.23 bits per heavy atom. The van der Waals surface area contributed by atoms with E-state index in [1.54, 1.807) is 4.90 Å². The topological polar surface area (TPSA) is 80.5 Å². The van der Waals surface area contributed by atoms with Crippen molar-refractivity contribution in [2.24, 2.45) is 0 Å². The molecule has 0 bridgehead atoms. The summed E-state index contributed by atoms with van der Waals surface area (Å²) < 4.78 is 0. The lowest BCUT2D eigenvalue weighted by molar-refractivity contribution is -0.385. The smallest absolute Gasteiger partial charge is 0.280 e. The van der Waals surface area contributed by atoms with Crippen molar-refractivity contribution < 1.29 is 14.5 Å². The number of benzene rings is 2. The predicted octanol–water partition coefficient (Wildman–Crippen LogP) is 2.61. The zero-order valence-corrected chi connectivity index (χ0v) is 11.6. The lowest BCUT2D eigenvalue weighted by Crippen LogP contribution is -2.28. The summed E-state index contributed by atoms with van der Waals surface area (Å²) in [6.45, 7) is 0.543. The lowest BCUT2D eigenvalue weighted by Gasteiger charge is -2.17. The molecule has 6 nitrogen and oxygen atoms in total. The number of carbonyl (C=O) groups is 2. The highest BCUT2D eigenvalue weighted by Crippen LogP contribution is 2.29. The van der Waals surface area contributed by atoms with Gasteiger partial charge in [0.2, 0.25) is 0 Å². The third kappa shape index (κ3) is 2.24. The van der Waals surface area contributed by atoms with E-state index in [-0.39, 0.29) is 22.7 Å². The van der Waals surface area contributed by atoms with Crippen LogP contribution in [0.15, 0.2) is 42.5 Å². The van der Waals surface area contributed by atoms with Crippen molar-refractivity contribution in [1.29, 1.82) is 0 Å². The number of para-hydroxylation sites is 1. The standard InChI is InChI=1S/C16H12N2O4/c19-10-13-6-5-12(9-15(13)18(21)22)16(20)17-8-7-11-3-1-2-4-14(11)17/h1-6,9-10H,7-8H2. The highest BCUT2D eigenvalue weighted by Gasteiger charge is 2.26. The average Bonchev–Trinajstić information content (AvgIpc) is 2.97. The number of hydrogen-bond donors (Lipinski definition) is 0. The number of fused-ring (bicyclic) bond motifs is 1. The first-order chi connectivity index (χ1) is 10.6. The molecule has 0 radical (unpaired) electrons. The maximum Gasteiger partial charge on any atom is 0.280 e. The van der Waals surface area contributed by atoms with Gasteiger partial charge in [-0.1, -0.05) is 18.2 Å². The average molecular weight is 296 g/mol. The van der Waals surface area contributed by atoms with Crippen LogP contribution in [0.25, 0.3) is 0 Å². The molecule has 2 aromatic carbocycles. The van der Waals surface area contributed by atoms with E-state index in [0.29, 0.717) is 12.8 Å². The first kappa shape index (κ1) is 13.9. The minimum atomic E-state index is -0.654. The van der Waals surface area contributed by atoms with Crippen molar-refractivity contribution in [1.82, 2.24) is 0 Å². The van der Waals surface area contributed by atoms with E-state index in [1.807, 2.05) is 24.3 Å². The predicted molar refractivity (Wildman–Crippen MR) is 80.3 cm³/mol. The Labute approximate surface area is 126 Å². The first-order valence-electron chi connectivity index (χ1n) is 6.75. The second-order valence-corrected chi connectivity index (χ2v) is 4.98. The van der Waals surface area contributed by atoms with Crippen molar-refractivity contribution in [3.8, 4) is 0 Å². The Balaban J connectivity index is 1.99. The van der Waals surface area contributed by atoms with Gasteiger partial charge in [0.1, 0.15) is 0 Å². The molecule has 1 aliphatic rings. The number of amides is 1. The van der Waals surface area contributed by atoms with Crippen molar-refractivity contribution in [3.63, 3.8) is 0 Å². The molecule has 0 aromatic heterocycles. The van der Waals surface area contributed by atoms with E-state index < -0.39 is 4.92 Å². The number of anilines is 1. The molecular formula is C16H12N2O4. The van der Waals surface area contributed by atoms with Crippen LogP contribution >= 0.6 is 0 Å². The fraction of sp³-hybridized carbons (Fsp3) is 0.125. The van der Waals surface area contributed by atoms with Gasteiger partial charge < -0.3 is 4.90 Å². The molecule has 0 N–H and O–H groups in total. The van der Waals surface area contributed by atoms with E-state index in [0.717, 1.165) is 23.7 Å². The highest BCUT2D eigenvalue weighted by molar-refractivity contribution is 6.08. The minimum Gasteiger partial charge on any atom is -0.308 e. The Morgan fingerprint density at radius 3 is 2.73 bits per heavy atom. The van der Waals surface area contributed by atoms with Gasteiger partial charge in [-0.15, -0.1) is 0 Å². The monoisotopic (exact) mass is 296 g/mol. The fourth-order valence-electron chi connectivity index (χ4n) is 2.64. The van der Waals surface area contributed by atoms with Crippen molar-refractivity contribution in [2.75, 3.05) is 11.4 Å². The van der Waals surface area contributed by atoms with Crippen LogP contribution in [-0.4, -0.2) is 23.7 Å². The first-order valence-corrected chi connectivity index (χ1v) is 6.75. The molecule has 3 rings (SSSR count). The maximum absolute atomic E-state index is 12.6. The van der Waals surface area contributed by atoms with Crippen LogP contribution in [-0.2, 0) is 6.42 Å². The van der Waals surface area contributed by atoms with E-state index in [4.69, 9.17) is 0 Å². The Hall–Kier alpha value is -3.02. The number of rotatable bonds is 3. The molecule has 1 heterocycles. The summed E-state index contributed by atoms with van der Waals surface area (Å²) in [7, 11) is 0. The Bertz CT molecular complexity index is 785. The largest absolute Gasteiger partial charge is 0.308 e. The molecule has 0 fully saturated rings. The number of carbonyl (C=O) groups excluding carboxylic acids is 2. The fourth-order valence-corrected chi connectivity index (χ4v) is 2.64. The van der Waals surface area contributed by atoms with Gasteiger partial charge in [-0.3, -0.25) is 19.7 Å². The molecule has 1 aliphatic heterocycles. The molecule has 110 valence electrons. The molecule has 6 heteroatoms. The van der Waals surface area contributed by atoms with E-state index >= 15 is 0 Å². The molecule has 0 atom stereocenters. The summed E-state index contributed by atoms with van der Waals surface area (Å²) in [6.07, 6.45) is 1.17. The lowest BCUT2D eigenvalue weighted by atomic mass is 10.1. The molecule has 0 aliphatic carbocycles. The van der Waals surface area contributed by atoms with Crippen molar-refractivity contribution in [3.05, 3.63) is 69.3 Å². The van der Waals surface area contributed by atoms with Crippen LogP contribution in [0.5, 0.6) is 0 Å². The number of nitro groups is 1. The summed E-state index contributed by atoms with van der Waals surface area (Å²) in [5.41, 5.74) is 1.72. The van der Waals surface area contributed by atoms with E-state index in [2.05, 4.69) is 0 Å². The minimum absolute atomic E-state index is 0.0385. The van der Waals surface area contributed by atoms with Crippen LogP contribution in [0.4, 0.5) is 11.4 Å². The van der Waals surface area contributed by atoms with Gasteiger partial charge >= 0.3 is 0 Å². The summed E-state index contributed by atoms with van der Waals surface area (Å²) in [5.74, 6) is -0.300. The van der Waals surface area contributed by atoms with Gasteiger partial charge in [0, 0.05) is 23.9 Å². The number of aldehydes is 1. The summed E-state index contributed by atoms with van der Waals surface area (Å²) >= 11 is 0. The molecule has 2 aromatic rings. The van der Waals surface area contributed by atoms with Crippen LogP contribution in [0, 0.1) is 10.1 Å². The summed E-state index contributed by atoms with van der Waals surface area (Å²) in [4.78, 5) is 35.4. The Morgan fingerprint density at radius 2 is 2.00 bits per heavy atom. The molecule has 1 amide bonds. The third-order valence-electron chi connectivity index (χ3n) is 3.73. The number of nitro benzene ring substituents is 1. The summed E-state index contributed by atoms with van der Waals surface area (Å²) in [6, 6.07) is 11.5. The molecule has 0 spiro atoms. The quantitative estimate of drug-likeness (QED) is 0.495. The van der Waals surface area contributed by atoms with Gasteiger partial charge in [-0.25, -0.2) is 0 Å². The van der Waals surface area contributed by atoms with Crippen LogP contribution in [0.1, 0.15) is 26.3 Å². The van der Waals surface area contributed by atoms with Crippen LogP contribution in [0.3, 0.4) is 0 Å². The molecule has 22 heavy (non-hydrogen) atoms. The van der Waals surface area contributed by atoms with Gasteiger partial charge in [0.25, 0.3) is 11.6 Å². The number of nitrogens with zero attached hydrogens (tertiary/aromatic N) is 2. The zero-order valence-electron chi connectivity index (χ0n) is 11.6. The molecule has 0 saturated carbocycles. The van der Waals surface area contributed by atoms with Crippen molar-refractivity contribution in [2.45, 2.75) is 6.42 Å².